The number of halogens is 1. The van der Waals surface area contributed by atoms with Gasteiger partial charge >= 0.3 is 5.00 Å². The molecule has 0 saturated heterocycles. The number of hydrogen-bond donors (Lipinski definition) is 0. The zero-order valence-electron chi connectivity index (χ0n) is 9.61. The molecule has 0 aliphatic carbocycles. The average molecular weight is 373 g/mol. The molecule has 102 valence electrons. The summed E-state index contributed by atoms with van der Waals surface area (Å²) in [5.41, 5.74) is 0. The summed E-state index contributed by atoms with van der Waals surface area (Å²) in [4.78, 5) is 9.58. The van der Waals surface area contributed by atoms with Crippen LogP contribution in [0, 0.1) is 21.4 Å². The van der Waals surface area contributed by atoms with E-state index in [1.54, 1.807) is 12.1 Å². The van der Waals surface area contributed by atoms with E-state index < -0.39 is 24.7 Å². The van der Waals surface area contributed by atoms with Gasteiger partial charge in [-0.3, -0.25) is 10.1 Å². The highest BCUT2D eigenvalue weighted by molar-refractivity contribution is 9.10. The molecule has 0 aliphatic heterocycles. The van der Waals surface area contributed by atoms with Gasteiger partial charge in [0.2, 0.25) is 9.84 Å². The Kier molecular flexibility index (Phi) is 3.89. The minimum Gasteiger partial charge on any atom is -0.258 e. The van der Waals surface area contributed by atoms with Gasteiger partial charge in [-0.25, -0.2) is 8.42 Å². The first kappa shape index (κ1) is 14.6. The highest BCUT2D eigenvalue weighted by Gasteiger charge is 2.31. The van der Waals surface area contributed by atoms with Crippen molar-refractivity contribution in [3.8, 4) is 6.07 Å². The second-order valence-electron chi connectivity index (χ2n) is 3.61. The van der Waals surface area contributed by atoms with Crippen molar-refractivity contribution in [2.75, 3.05) is 0 Å². The van der Waals surface area contributed by atoms with E-state index in [0.717, 1.165) is 6.07 Å². The molecule has 20 heavy (non-hydrogen) atoms. The number of nitriles is 1. The van der Waals surface area contributed by atoms with Gasteiger partial charge in [0, 0.05) is 4.47 Å². The predicted octanol–water partition coefficient (Wildman–Crippen LogP) is 3.12. The monoisotopic (exact) mass is 372 g/mol. The van der Waals surface area contributed by atoms with Gasteiger partial charge in [0.15, 0.2) is 4.90 Å². The molecule has 0 atom stereocenters. The molecule has 1 aromatic carbocycles. The molecule has 1 heterocycles. The van der Waals surface area contributed by atoms with Crippen LogP contribution in [0.15, 0.2) is 44.6 Å². The van der Waals surface area contributed by atoms with Crippen LogP contribution in [-0.4, -0.2) is 13.3 Å². The van der Waals surface area contributed by atoms with Crippen LogP contribution in [0.3, 0.4) is 0 Å². The van der Waals surface area contributed by atoms with Crippen molar-refractivity contribution in [3.05, 3.63) is 49.8 Å². The first-order valence-electron chi connectivity index (χ1n) is 5.05. The fourth-order valence-corrected chi connectivity index (χ4v) is 4.62. The fraction of sp³-hybridized carbons (Fsp3) is 0. The lowest BCUT2D eigenvalue weighted by Gasteiger charge is -2.02. The summed E-state index contributed by atoms with van der Waals surface area (Å²) in [5.74, 6) is 0. The second-order valence-corrected chi connectivity index (χ2v) is 7.47. The van der Waals surface area contributed by atoms with E-state index in [2.05, 4.69) is 15.9 Å². The molecule has 1 aromatic heterocycles. The van der Waals surface area contributed by atoms with Crippen molar-refractivity contribution in [1.29, 1.82) is 5.26 Å². The van der Waals surface area contributed by atoms with Crippen molar-refractivity contribution < 1.29 is 13.3 Å². The number of hydrogen-bond acceptors (Lipinski definition) is 6. The molecule has 2 aromatic rings. The Morgan fingerprint density at radius 1 is 1.35 bits per heavy atom. The molecule has 0 fully saturated rings. The Labute approximate surface area is 126 Å². The summed E-state index contributed by atoms with van der Waals surface area (Å²) < 4.78 is 25.4. The maximum absolute atomic E-state index is 12.4. The predicted molar refractivity (Wildman–Crippen MR) is 75.3 cm³/mol. The van der Waals surface area contributed by atoms with Gasteiger partial charge in [-0.1, -0.05) is 33.3 Å². The third kappa shape index (κ3) is 2.58. The quantitative estimate of drug-likeness (QED) is 0.608. The maximum atomic E-state index is 12.4. The largest absolute Gasteiger partial charge is 0.344 e. The lowest BCUT2D eigenvalue weighted by atomic mass is 10.4. The van der Waals surface area contributed by atoms with E-state index in [-0.39, 0.29) is 9.77 Å². The van der Waals surface area contributed by atoms with Crippen molar-refractivity contribution >= 4 is 42.1 Å². The van der Waals surface area contributed by atoms with Gasteiger partial charge in [-0.2, -0.15) is 5.26 Å². The molecule has 0 spiro atoms. The summed E-state index contributed by atoms with van der Waals surface area (Å²) in [6, 6.07) is 8.59. The molecule has 2 rings (SSSR count). The van der Waals surface area contributed by atoms with Gasteiger partial charge < -0.3 is 0 Å². The summed E-state index contributed by atoms with van der Waals surface area (Å²) in [7, 11) is -4.04. The Bertz CT molecular complexity index is 836. The first-order chi connectivity index (χ1) is 9.36. The highest BCUT2D eigenvalue weighted by atomic mass is 79.9. The van der Waals surface area contributed by atoms with Gasteiger partial charge in [0.05, 0.1) is 9.82 Å². The summed E-state index contributed by atoms with van der Waals surface area (Å²) >= 11 is 3.69. The minimum atomic E-state index is -4.04. The number of benzene rings is 1. The van der Waals surface area contributed by atoms with E-state index >= 15 is 0 Å². The average Bonchev–Trinajstić information content (AvgIpc) is 2.83. The van der Waals surface area contributed by atoms with Crippen molar-refractivity contribution in [2.24, 2.45) is 0 Å². The Balaban J connectivity index is 2.70. The molecule has 0 N–H and O–H groups in total. The number of rotatable bonds is 3. The van der Waals surface area contributed by atoms with Crippen LogP contribution < -0.4 is 0 Å². The van der Waals surface area contributed by atoms with Crippen LogP contribution in [0.2, 0.25) is 0 Å². The van der Waals surface area contributed by atoms with Gasteiger partial charge in [-0.05, 0) is 24.3 Å². The highest BCUT2D eigenvalue weighted by Crippen LogP contribution is 2.36. The summed E-state index contributed by atoms with van der Waals surface area (Å²) in [6.45, 7) is 0. The lowest BCUT2D eigenvalue weighted by molar-refractivity contribution is -0.383. The smallest absolute Gasteiger partial charge is 0.258 e. The third-order valence-corrected chi connectivity index (χ3v) is 5.73. The Morgan fingerprint density at radius 2 is 2.05 bits per heavy atom. The van der Waals surface area contributed by atoms with Crippen LogP contribution in [0.25, 0.3) is 0 Å². The zero-order chi connectivity index (χ0) is 14.9. The number of thiophene rings is 1. The third-order valence-electron chi connectivity index (χ3n) is 2.35. The van der Waals surface area contributed by atoms with Crippen LogP contribution >= 0.6 is 27.3 Å². The van der Waals surface area contributed by atoms with Gasteiger partial charge in [0.25, 0.3) is 0 Å². The van der Waals surface area contributed by atoms with Crippen LogP contribution in [0.4, 0.5) is 5.00 Å². The topological polar surface area (TPSA) is 101 Å². The molecule has 0 saturated carbocycles. The van der Waals surface area contributed by atoms with E-state index in [9.17, 15) is 18.5 Å². The molecule has 0 bridgehead atoms. The molecule has 0 unspecified atom stereocenters. The SMILES string of the molecule is N#Cc1cc(S(=O)(=O)c2cccc(Br)c2)c([N+](=O)[O-])s1. The van der Waals surface area contributed by atoms with E-state index in [4.69, 9.17) is 5.26 Å². The molecular weight excluding hydrogens is 368 g/mol. The Morgan fingerprint density at radius 3 is 2.60 bits per heavy atom. The molecule has 0 radical (unpaired) electrons. The normalized spacial score (nSPS) is 11.0. The van der Waals surface area contributed by atoms with Crippen LogP contribution in [0.5, 0.6) is 0 Å². The lowest BCUT2D eigenvalue weighted by Crippen LogP contribution is -2.03. The molecule has 0 aliphatic rings. The zero-order valence-corrected chi connectivity index (χ0v) is 12.8. The van der Waals surface area contributed by atoms with Crippen LogP contribution in [-0.2, 0) is 9.84 Å². The van der Waals surface area contributed by atoms with Gasteiger partial charge in [-0.15, -0.1) is 0 Å². The molecular formula is C11H5BrN2O4S2. The van der Waals surface area contributed by atoms with E-state index in [1.165, 1.54) is 18.2 Å². The number of sulfone groups is 1. The van der Waals surface area contributed by atoms with E-state index in [0.29, 0.717) is 15.8 Å². The molecule has 9 heteroatoms. The summed E-state index contributed by atoms with van der Waals surface area (Å²) in [6.07, 6.45) is 0. The fourth-order valence-electron chi connectivity index (χ4n) is 1.50. The minimum absolute atomic E-state index is 0.0229. The van der Waals surface area contributed by atoms with Crippen molar-refractivity contribution in [3.63, 3.8) is 0 Å². The number of nitrogens with zero attached hydrogens (tertiary/aromatic N) is 2. The summed E-state index contributed by atoms with van der Waals surface area (Å²) in [5, 5.41) is 19.1. The molecule has 6 nitrogen and oxygen atoms in total. The van der Waals surface area contributed by atoms with Gasteiger partial charge in [0.1, 0.15) is 10.9 Å². The van der Waals surface area contributed by atoms with Crippen molar-refractivity contribution in [1.82, 2.24) is 0 Å². The first-order valence-corrected chi connectivity index (χ1v) is 8.14. The van der Waals surface area contributed by atoms with Crippen molar-refractivity contribution in [2.45, 2.75) is 9.79 Å². The Hall–Kier alpha value is -1.76. The standard InChI is InChI=1S/C11H5BrN2O4S2/c12-7-2-1-3-9(4-7)20(17,18)10-5-8(6-13)19-11(10)14(15)16/h1-5H. The van der Waals surface area contributed by atoms with E-state index in [1.807, 2.05) is 0 Å². The maximum Gasteiger partial charge on any atom is 0.344 e. The van der Waals surface area contributed by atoms with Crippen LogP contribution in [0.1, 0.15) is 4.88 Å². The molecule has 0 amide bonds. The second kappa shape index (κ2) is 5.32. The number of nitro groups is 1.